The average molecular weight is 551 g/mol. The van der Waals surface area contributed by atoms with Crippen molar-refractivity contribution in [2.75, 3.05) is 13.7 Å². The number of aliphatic hydroxyl groups excluding tert-OH is 2. The van der Waals surface area contributed by atoms with Crippen LogP contribution in [0.3, 0.4) is 0 Å². The number of methoxy groups -OCH3 is 1. The number of cyclic esters (lactones) is 1. The summed E-state index contributed by atoms with van der Waals surface area (Å²) in [5, 5.41) is 46.0. The fourth-order valence-electron chi connectivity index (χ4n) is 10.1. The predicted molar refractivity (Wildman–Crippen MR) is 139 cm³/mol. The van der Waals surface area contributed by atoms with E-state index in [1.165, 1.54) is 7.11 Å². The van der Waals surface area contributed by atoms with E-state index in [4.69, 9.17) is 18.9 Å². The number of carbonyl (C=O) groups is 1. The second kappa shape index (κ2) is 9.48. The molecule has 0 aromatic rings. The predicted octanol–water partition coefficient (Wildman–Crippen LogP) is 2.23. The summed E-state index contributed by atoms with van der Waals surface area (Å²) in [6, 6.07) is 0. The Morgan fingerprint density at radius 2 is 1.77 bits per heavy atom. The van der Waals surface area contributed by atoms with Gasteiger partial charge in [-0.25, -0.2) is 4.79 Å². The van der Waals surface area contributed by atoms with Crippen LogP contribution in [0.2, 0.25) is 0 Å². The topological polar surface area (TPSA) is 135 Å². The molecule has 4 aliphatic carbocycles. The standard InChI is InChI=1S/C30H46O9/c1-16-23(32)25(36-4)24(33)26(38-16)39-19-6-9-27(2)18(14-19)5-11-29(34)21(27)8-10-28(3)20(7-12-30(28,29)35)17-13-22(31)37-15-17/h13,16,18-21,23-26,32-35H,5-12,14-15H2,1-4H3/t16-,18+,19-,20+,21+,23-,24-,25+,26-,27-,28+,29-,30+/m0/s1. The summed E-state index contributed by atoms with van der Waals surface area (Å²) < 4.78 is 22.7. The van der Waals surface area contributed by atoms with E-state index in [-0.39, 0.29) is 29.3 Å². The van der Waals surface area contributed by atoms with E-state index in [1.807, 2.05) is 0 Å². The highest BCUT2D eigenvalue weighted by Gasteiger charge is 2.74. The van der Waals surface area contributed by atoms with Crippen molar-refractivity contribution in [3.63, 3.8) is 0 Å². The summed E-state index contributed by atoms with van der Waals surface area (Å²) in [7, 11) is 1.47. The molecule has 6 rings (SSSR count). The first-order chi connectivity index (χ1) is 18.4. The summed E-state index contributed by atoms with van der Waals surface area (Å²) in [4.78, 5) is 11.8. The molecule has 0 aromatic carbocycles. The van der Waals surface area contributed by atoms with Crippen molar-refractivity contribution in [1.82, 2.24) is 0 Å². The third kappa shape index (κ3) is 3.87. The van der Waals surface area contributed by atoms with Crippen LogP contribution >= 0.6 is 0 Å². The Balaban J connectivity index is 1.19. The molecule has 0 bridgehead atoms. The van der Waals surface area contributed by atoms with E-state index in [2.05, 4.69) is 13.8 Å². The van der Waals surface area contributed by atoms with Gasteiger partial charge in [0.15, 0.2) is 6.29 Å². The highest BCUT2D eigenvalue weighted by molar-refractivity contribution is 5.85. The minimum atomic E-state index is -1.21. The van der Waals surface area contributed by atoms with E-state index in [1.54, 1.807) is 13.0 Å². The molecular formula is C30H46O9. The van der Waals surface area contributed by atoms with Gasteiger partial charge in [0.1, 0.15) is 24.9 Å². The SMILES string of the molecule is CO[C@H]1[C@H](O)[C@H](O[C@H]2CC[C@@]3(C)[C@H](CC[C@]4(O)[C@@H]3CC[C@]3(C)[C@@H](C5=CC(=O)OC5)CC[C@@]34O)C2)O[C@@H](C)[C@@H]1O. The van der Waals surface area contributed by atoms with Crippen LogP contribution in [-0.2, 0) is 23.7 Å². The van der Waals surface area contributed by atoms with Crippen LogP contribution in [0, 0.1) is 28.6 Å². The summed E-state index contributed by atoms with van der Waals surface area (Å²) in [5.74, 6) is 0.0176. The molecule has 2 heterocycles. The Bertz CT molecular complexity index is 1020. The highest BCUT2D eigenvalue weighted by Crippen LogP contribution is 2.71. The maximum absolute atomic E-state index is 12.5. The Labute approximate surface area is 230 Å². The van der Waals surface area contributed by atoms with E-state index in [0.717, 1.165) is 50.5 Å². The maximum atomic E-state index is 12.5. The molecule has 4 N–H and O–H groups in total. The van der Waals surface area contributed by atoms with Crippen molar-refractivity contribution in [3.8, 4) is 0 Å². The largest absolute Gasteiger partial charge is 0.458 e. The van der Waals surface area contributed by atoms with Crippen molar-refractivity contribution in [3.05, 3.63) is 11.6 Å². The second-order valence-electron chi connectivity index (χ2n) is 13.9. The third-order valence-corrected chi connectivity index (χ3v) is 12.4. The van der Waals surface area contributed by atoms with Gasteiger partial charge in [0.2, 0.25) is 0 Å². The zero-order chi connectivity index (χ0) is 28.0. The Kier molecular flexibility index (Phi) is 6.82. The summed E-state index contributed by atoms with van der Waals surface area (Å²) in [6.07, 6.45) is 4.01. The number of carbonyl (C=O) groups excluding carboxylic acids is 1. The average Bonchev–Trinajstić information content (AvgIpc) is 3.44. The first-order valence-corrected chi connectivity index (χ1v) is 14.9. The molecule has 0 unspecified atom stereocenters. The fourth-order valence-corrected chi connectivity index (χ4v) is 10.1. The first kappa shape index (κ1) is 28.1. The molecule has 2 aliphatic heterocycles. The number of fused-ring (bicyclic) bond motifs is 5. The van der Waals surface area contributed by atoms with E-state index < -0.39 is 47.3 Å². The maximum Gasteiger partial charge on any atom is 0.331 e. The lowest BCUT2D eigenvalue weighted by Crippen LogP contribution is -2.73. The molecular weight excluding hydrogens is 504 g/mol. The van der Waals surface area contributed by atoms with Gasteiger partial charge in [0.05, 0.1) is 23.4 Å². The Morgan fingerprint density at radius 3 is 2.46 bits per heavy atom. The summed E-state index contributed by atoms with van der Waals surface area (Å²) in [5.41, 5.74) is -2.08. The van der Waals surface area contributed by atoms with Crippen LogP contribution in [0.25, 0.3) is 0 Å². The number of esters is 1. The molecule has 4 saturated carbocycles. The van der Waals surface area contributed by atoms with Gasteiger partial charge in [-0.2, -0.15) is 0 Å². The molecule has 9 nitrogen and oxygen atoms in total. The lowest BCUT2D eigenvalue weighted by atomic mass is 9.41. The monoisotopic (exact) mass is 550 g/mol. The van der Waals surface area contributed by atoms with Gasteiger partial charge in [-0.05, 0) is 93.5 Å². The van der Waals surface area contributed by atoms with Crippen LogP contribution in [0.4, 0.5) is 0 Å². The molecule has 0 aromatic heterocycles. The normalized spacial score (nSPS) is 55.3. The van der Waals surface area contributed by atoms with Crippen LogP contribution in [0.5, 0.6) is 0 Å². The quantitative estimate of drug-likeness (QED) is 0.307. The van der Waals surface area contributed by atoms with Gasteiger partial charge < -0.3 is 39.4 Å². The number of hydrogen-bond donors (Lipinski definition) is 4. The molecule has 220 valence electrons. The van der Waals surface area contributed by atoms with Crippen LogP contribution in [-0.4, -0.2) is 88.1 Å². The van der Waals surface area contributed by atoms with Gasteiger partial charge in [-0.15, -0.1) is 0 Å². The van der Waals surface area contributed by atoms with Crippen molar-refractivity contribution >= 4 is 5.97 Å². The molecule has 1 saturated heterocycles. The zero-order valence-corrected chi connectivity index (χ0v) is 23.7. The molecule has 0 spiro atoms. The van der Waals surface area contributed by atoms with Crippen molar-refractivity contribution in [2.24, 2.45) is 28.6 Å². The fraction of sp³-hybridized carbons (Fsp3) is 0.900. The minimum Gasteiger partial charge on any atom is -0.458 e. The second-order valence-corrected chi connectivity index (χ2v) is 13.9. The smallest absolute Gasteiger partial charge is 0.331 e. The molecule has 13 atom stereocenters. The van der Waals surface area contributed by atoms with Gasteiger partial charge in [0.25, 0.3) is 0 Å². The van der Waals surface area contributed by atoms with Crippen molar-refractivity contribution < 1.29 is 44.2 Å². The molecule has 0 amide bonds. The van der Waals surface area contributed by atoms with Gasteiger partial charge >= 0.3 is 5.97 Å². The molecule has 5 fully saturated rings. The molecule has 0 radical (unpaired) electrons. The number of rotatable bonds is 4. The van der Waals surface area contributed by atoms with Gasteiger partial charge in [-0.1, -0.05) is 13.8 Å². The number of ether oxygens (including phenoxy) is 4. The highest BCUT2D eigenvalue weighted by atomic mass is 16.7. The Hall–Kier alpha value is -1.07. The van der Waals surface area contributed by atoms with E-state index >= 15 is 0 Å². The third-order valence-electron chi connectivity index (χ3n) is 12.4. The molecule has 39 heavy (non-hydrogen) atoms. The van der Waals surface area contributed by atoms with Crippen molar-refractivity contribution in [1.29, 1.82) is 0 Å². The van der Waals surface area contributed by atoms with Gasteiger partial charge in [-0.3, -0.25) is 0 Å². The number of hydrogen-bond acceptors (Lipinski definition) is 9. The summed E-state index contributed by atoms with van der Waals surface area (Å²) in [6.45, 7) is 6.45. The van der Waals surface area contributed by atoms with Gasteiger partial charge in [0, 0.05) is 18.6 Å². The zero-order valence-electron chi connectivity index (χ0n) is 23.7. The van der Waals surface area contributed by atoms with E-state index in [0.29, 0.717) is 25.4 Å². The van der Waals surface area contributed by atoms with Crippen LogP contribution in [0.1, 0.15) is 78.6 Å². The summed E-state index contributed by atoms with van der Waals surface area (Å²) >= 11 is 0. The lowest BCUT2D eigenvalue weighted by molar-refractivity contribution is -0.320. The minimum absolute atomic E-state index is 0.0264. The number of aliphatic hydroxyl groups is 4. The van der Waals surface area contributed by atoms with E-state index in [9.17, 15) is 25.2 Å². The Morgan fingerprint density at radius 1 is 1.00 bits per heavy atom. The van der Waals surface area contributed by atoms with Crippen LogP contribution in [0.15, 0.2) is 11.6 Å². The molecule has 6 aliphatic rings. The molecule has 9 heteroatoms. The van der Waals surface area contributed by atoms with Crippen LogP contribution < -0.4 is 0 Å². The van der Waals surface area contributed by atoms with Crippen molar-refractivity contribution in [2.45, 2.75) is 127 Å². The lowest BCUT2D eigenvalue weighted by Gasteiger charge is -2.67. The first-order valence-electron chi connectivity index (χ1n) is 14.9.